The third-order valence-corrected chi connectivity index (χ3v) is 4.58. The van der Waals surface area contributed by atoms with E-state index in [-0.39, 0.29) is 17.7 Å². The van der Waals surface area contributed by atoms with Crippen LogP contribution >= 0.6 is 11.8 Å². The van der Waals surface area contributed by atoms with Gasteiger partial charge >= 0.3 is 0 Å². The third-order valence-electron chi connectivity index (χ3n) is 3.85. The topological polar surface area (TPSA) is 58.2 Å². The Morgan fingerprint density at radius 1 is 1.04 bits per heavy atom. The summed E-state index contributed by atoms with van der Waals surface area (Å²) in [6, 6.07) is 14.4. The Kier molecular flexibility index (Phi) is 6.65. The number of carbonyl (C=O) groups is 2. The largest absolute Gasteiger partial charge is 0.340 e. The summed E-state index contributed by atoms with van der Waals surface area (Å²) < 4.78 is 0. The number of nitrogens with one attached hydrogen (secondary N) is 2. The summed E-state index contributed by atoms with van der Waals surface area (Å²) >= 11 is 1.61. The van der Waals surface area contributed by atoms with Crippen LogP contribution in [0.2, 0.25) is 0 Å². The molecule has 4 nitrogen and oxygen atoms in total. The minimum atomic E-state index is -0.606. The molecule has 2 rings (SSSR count). The fraction of sp³-hybridized carbons (Fsp3) is 0.300. The molecule has 5 heteroatoms. The van der Waals surface area contributed by atoms with Gasteiger partial charge in [-0.05, 0) is 49.4 Å². The number of amides is 2. The van der Waals surface area contributed by atoms with Gasteiger partial charge in [0, 0.05) is 16.1 Å². The highest BCUT2D eigenvalue weighted by Gasteiger charge is 2.24. The molecule has 0 aliphatic carbocycles. The van der Waals surface area contributed by atoms with Crippen LogP contribution in [-0.4, -0.2) is 24.1 Å². The monoisotopic (exact) mass is 356 g/mol. The van der Waals surface area contributed by atoms with Crippen molar-refractivity contribution in [3.63, 3.8) is 0 Å². The van der Waals surface area contributed by atoms with E-state index in [0.717, 1.165) is 16.1 Å². The first-order valence-electron chi connectivity index (χ1n) is 8.23. The number of anilines is 1. The van der Waals surface area contributed by atoms with Gasteiger partial charge in [-0.3, -0.25) is 9.59 Å². The zero-order valence-electron chi connectivity index (χ0n) is 15.0. The number of thioether (sulfide) groups is 1. The van der Waals surface area contributed by atoms with Gasteiger partial charge in [-0.25, -0.2) is 0 Å². The average molecular weight is 356 g/mol. The van der Waals surface area contributed by atoms with Gasteiger partial charge in [0.15, 0.2) is 0 Å². The van der Waals surface area contributed by atoms with Crippen molar-refractivity contribution in [3.05, 3.63) is 59.7 Å². The van der Waals surface area contributed by atoms with Crippen molar-refractivity contribution in [2.75, 3.05) is 11.6 Å². The van der Waals surface area contributed by atoms with Gasteiger partial charge in [0.2, 0.25) is 5.91 Å². The van der Waals surface area contributed by atoms with Crippen molar-refractivity contribution >= 4 is 29.3 Å². The first-order valence-corrected chi connectivity index (χ1v) is 9.45. The van der Waals surface area contributed by atoms with Crippen LogP contribution in [0.4, 0.5) is 5.69 Å². The van der Waals surface area contributed by atoms with E-state index >= 15 is 0 Å². The Balaban J connectivity index is 2.11. The fourth-order valence-electron chi connectivity index (χ4n) is 2.47. The SMILES string of the molecule is CSc1cccc(NC(=O)[C@@H](NC(=O)c2cccc(C)c2)C(C)C)c1. The molecule has 0 heterocycles. The van der Waals surface area contributed by atoms with Crippen LogP contribution in [-0.2, 0) is 4.79 Å². The van der Waals surface area contributed by atoms with Crippen molar-refractivity contribution in [2.45, 2.75) is 31.7 Å². The van der Waals surface area contributed by atoms with E-state index in [0.29, 0.717) is 5.56 Å². The maximum atomic E-state index is 12.7. The summed E-state index contributed by atoms with van der Waals surface area (Å²) in [5.74, 6) is -0.484. The third kappa shape index (κ3) is 5.36. The van der Waals surface area contributed by atoms with E-state index in [4.69, 9.17) is 0 Å². The molecule has 0 radical (unpaired) electrons. The van der Waals surface area contributed by atoms with Gasteiger partial charge in [0.1, 0.15) is 6.04 Å². The summed E-state index contributed by atoms with van der Waals surface area (Å²) in [7, 11) is 0. The first kappa shape index (κ1) is 19.1. The van der Waals surface area contributed by atoms with Crippen LogP contribution in [0.25, 0.3) is 0 Å². The number of carbonyl (C=O) groups excluding carboxylic acids is 2. The molecule has 0 saturated carbocycles. The van der Waals surface area contributed by atoms with Crippen molar-refractivity contribution in [2.24, 2.45) is 5.92 Å². The summed E-state index contributed by atoms with van der Waals surface area (Å²) in [5, 5.41) is 5.75. The van der Waals surface area contributed by atoms with Crippen LogP contribution < -0.4 is 10.6 Å². The van der Waals surface area contributed by atoms with Gasteiger partial charge < -0.3 is 10.6 Å². The van der Waals surface area contributed by atoms with E-state index in [9.17, 15) is 9.59 Å². The highest BCUT2D eigenvalue weighted by atomic mass is 32.2. The normalized spacial score (nSPS) is 11.9. The van der Waals surface area contributed by atoms with Gasteiger partial charge in [0.05, 0.1) is 0 Å². The molecular formula is C20H24N2O2S. The molecule has 25 heavy (non-hydrogen) atoms. The maximum Gasteiger partial charge on any atom is 0.251 e. The van der Waals surface area contributed by atoms with Crippen molar-refractivity contribution < 1.29 is 9.59 Å². The molecule has 0 aliphatic rings. The molecule has 0 aromatic heterocycles. The quantitative estimate of drug-likeness (QED) is 0.766. The number of benzene rings is 2. The van der Waals surface area contributed by atoms with Crippen molar-refractivity contribution in [1.82, 2.24) is 5.32 Å². The molecule has 2 aromatic rings. The van der Waals surface area contributed by atoms with Gasteiger partial charge in [-0.2, -0.15) is 0 Å². The molecule has 0 unspecified atom stereocenters. The zero-order chi connectivity index (χ0) is 18.4. The van der Waals surface area contributed by atoms with Gasteiger partial charge in [-0.1, -0.05) is 37.6 Å². The van der Waals surface area contributed by atoms with E-state index in [1.165, 1.54) is 0 Å². The molecule has 0 saturated heterocycles. The minimum Gasteiger partial charge on any atom is -0.340 e. The molecule has 1 atom stereocenters. The van der Waals surface area contributed by atoms with E-state index < -0.39 is 6.04 Å². The lowest BCUT2D eigenvalue weighted by molar-refractivity contribution is -0.118. The molecule has 0 spiro atoms. The predicted octanol–water partition coefficient (Wildman–Crippen LogP) is 4.11. The average Bonchev–Trinajstić information content (AvgIpc) is 2.59. The van der Waals surface area contributed by atoms with Crippen LogP contribution in [0, 0.1) is 12.8 Å². The van der Waals surface area contributed by atoms with Gasteiger partial charge in [-0.15, -0.1) is 11.8 Å². The van der Waals surface area contributed by atoms with Crippen molar-refractivity contribution in [1.29, 1.82) is 0 Å². The lowest BCUT2D eigenvalue weighted by atomic mass is 10.0. The fourth-order valence-corrected chi connectivity index (χ4v) is 2.93. The molecule has 2 N–H and O–H groups in total. The van der Waals surface area contributed by atoms with Crippen molar-refractivity contribution in [3.8, 4) is 0 Å². The van der Waals surface area contributed by atoms with Crippen LogP contribution in [0.5, 0.6) is 0 Å². The number of aryl methyl sites for hydroxylation is 1. The van der Waals surface area contributed by atoms with E-state index in [1.807, 2.05) is 69.5 Å². The summed E-state index contributed by atoms with van der Waals surface area (Å²) in [4.78, 5) is 26.2. The molecule has 0 aliphatic heterocycles. The highest BCUT2D eigenvalue weighted by molar-refractivity contribution is 7.98. The second kappa shape index (κ2) is 8.72. The second-order valence-corrected chi connectivity index (χ2v) is 7.17. The molecule has 0 bridgehead atoms. The molecule has 132 valence electrons. The molecule has 2 amide bonds. The Hall–Kier alpha value is -2.27. The number of hydrogen-bond donors (Lipinski definition) is 2. The summed E-state index contributed by atoms with van der Waals surface area (Å²) in [5.41, 5.74) is 2.29. The standard InChI is InChI=1S/C20H24N2O2S/c1-13(2)18(22-19(23)15-8-5-7-14(3)11-15)20(24)21-16-9-6-10-17(12-16)25-4/h5-13,18H,1-4H3,(H,21,24)(H,22,23)/t18-/m0/s1. The molecule has 2 aromatic carbocycles. The van der Waals surface area contributed by atoms with Gasteiger partial charge in [0.25, 0.3) is 5.91 Å². The van der Waals surface area contributed by atoms with Crippen LogP contribution in [0.1, 0.15) is 29.8 Å². The summed E-state index contributed by atoms with van der Waals surface area (Å²) in [6.07, 6.45) is 1.99. The van der Waals surface area contributed by atoms with E-state index in [1.54, 1.807) is 17.8 Å². The number of hydrogen-bond acceptors (Lipinski definition) is 3. The second-order valence-electron chi connectivity index (χ2n) is 6.29. The molecular weight excluding hydrogens is 332 g/mol. The first-order chi connectivity index (χ1) is 11.9. The maximum absolute atomic E-state index is 12.7. The lowest BCUT2D eigenvalue weighted by Crippen LogP contribution is -2.47. The Labute approximate surface area is 153 Å². The summed E-state index contributed by atoms with van der Waals surface area (Å²) in [6.45, 7) is 5.76. The molecule has 0 fully saturated rings. The highest BCUT2D eigenvalue weighted by Crippen LogP contribution is 2.19. The lowest BCUT2D eigenvalue weighted by Gasteiger charge is -2.22. The predicted molar refractivity (Wildman–Crippen MR) is 104 cm³/mol. The van der Waals surface area contributed by atoms with Crippen LogP contribution in [0.3, 0.4) is 0 Å². The zero-order valence-corrected chi connectivity index (χ0v) is 15.8. The smallest absolute Gasteiger partial charge is 0.251 e. The Bertz CT molecular complexity index is 759. The number of rotatable bonds is 6. The Morgan fingerprint density at radius 3 is 2.40 bits per heavy atom. The van der Waals surface area contributed by atoms with Crippen LogP contribution in [0.15, 0.2) is 53.4 Å². The van der Waals surface area contributed by atoms with E-state index in [2.05, 4.69) is 10.6 Å². The Morgan fingerprint density at radius 2 is 1.76 bits per heavy atom. The minimum absolute atomic E-state index is 0.0301.